The number of benzene rings is 1. The first-order valence-corrected chi connectivity index (χ1v) is 11.0. The molecule has 1 aromatic carbocycles. The fraction of sp³-hybridized carbons (Fsp3) is 0.625. The third-order valence-electron chi connectivity index (χ3n) is 7.09. The number of nitrogens with one attached hydrogen (secondary N) is 1. The first-order valence-electron chi connectivity index (χ1n) is 11.0. The smallest absolute Gasteiger partial charge is 0.312 e. The van der Waals surface area contributed by atoms with Crippen molar-refractivity contribution in [1.29, 1.82) is 0 Å². The van der Waals surface area contributed by atoms with Crippen molar-refractivity contribution in [2.75, 3.05) is 13.2 Å². The molecule has 2 atom stereocenters. The lowest BCUT2D eigenvalue weighted by Gasteiger charge is -2.58. The largest absolute Gasteiger partial charge is 0.457 e. The topological polar surface area (TPSA) is 92.7 Å². The predicted molar refractivity (Wildman–Crippen MR) is 111 cm³/mol. The maximum absolute atomic E-state index is 12.9. The lowest BCUT2D eigenvalue weighted by atomic mass is 9.48. The highest BCUT2D eigenvalue weighted by Gasteiger charge is 2.60. The molecule has 6 nitrogen and oxygen atoms in total. The number of aryl methyl sites for hydroxylation is 1. The predicted octanol–water partition coefficient (Wildman–Crippen LogP) is 2.81. The van der Waals surface area contributed by atoms with Crippen molar-refractivity contribution >= 4 is 17.7 Å². The summed E-state index contributed by atoms with van der Waals surface area (Å²) in [4.78, 5) is 36.3. The summed E-state index contributed by atoms with van der Waals surface area (Å²) in [7, 11) is 0. The molecule has 0 radical (unpaired) electrons. The van der Waals surface area contributed by atoms with Gasteiger partial charge in [-0.1, -0.05) is 24.3 Å². The van der Waals surface area contributed by atoms with E-state index in [-0.39, 0.29) is 24.3 Å². The number of hydrogen-bond acceptors (Lipinski definition) is 5. The summed E-state index contributed by atoms with van der Waals surface area (Å²) >= 11 is 0. The molecule has 0 saturated heterocycles. The van der Waals surface area contributed by atoms with Crippen molar-refractivity contribution in [1.82, 2.24) is 5.32 Å². The average molecular weight is 414 g/mol. The molecule has 0 spiro atoms. The van der Waals surface area contributed by atoms with Gasteiger partial charge in [-0.3, -0.25) is 14.4 Å². The second kappa shape index (κ2) is 8.14. The van der Waals surface area contributed by atoms with E-state index in [0.29, 0.717) is 30.4 Å². The lowest BCUT2D eigenvalue weighted by Crippen LogP contribution is -2.58. The minimum atomic E-state index is -0.719. The SMILES string of the molecule is CC(=O)NCCCc1ccc(C(=O)COC(=O)C23CC4CC(CC(O)(C4)C2)C3)cc1. The fourth-order valence-corrected chi connectivity index (χ4v) is 6.23. The van der Waals surface area contributed by atoms with Gasteiger partial charge >= 0.3 is 5.97 Å². The molecule has 4 saturated carbocycles. The van der Waals surface area contributed by atoms with Gasteiger partial charge < -0.3 is 15.2 Å². The van der Waals surface area contributed by atoms with Gasteiger partial charge in [-0.2, -0.15) is 0 Å². The molecule has 4 fully saturated rings. The summed E-state index contributed by atoms with van der Waals surface area (Å²) in [5, 5.41) is 13.6. The number of rotatable bonds is 8. The molecule has 1 amide bonds. The normalized spacial score (nSPS) is 31.4. The standard InChI is InChI=1S/C24H31NO5/c1-16(26)25-8-2-3-17-4-6-20(7-5-17)21(27)14-30-22(28)23-10-18-9-19(11-23)13-24(29,12-18)15-23/h4-7,18-19,29H,2-3,8-15H2,1H3,(H,25,26). The van der Waals surface area contributed by atoms with Crippen LogP contribution in [0.5, 0.6) is 0 Å². The molecule has 0 aromatic heterocycles. The van der Waals surface area contributed by atoms with E-state index >= 15 is 0 Å². The van der Waals surface area contributed by atoms with Gasteiger partial charge in [-0.25, -0.2) is 0 Å². The number of amides is 1. The van der Waals surface area contributed by atoms with Gasteiger partial charge in [0.2, 0.25) is 5.91 Å². The Balaban J connectivity index is 1.28. The molecule has 1 aromatic rings. The molecule has 5 rings (SSSR count). The Kier molecular flexibility index (Phi) is 5.71. The van der Waals surface area contributed by atoms with Gasteiger partial charge in [-0.15, -0.1) is 0 Å². The van der Waals surface area contributed by atoms with Gasteiger partial charge in [0.1, 0.15) is 0 Å². The second-order valence-corrected chi connectivity index (χ2v) is 9.75. The molecule has 2 unspecified atom stereocenters. The zero-order valence-electron chi connectivity index (χ0n) is 17.6. The Morgan fingerprint density at radius 1 is 1.10 bits per heavy atom. The van der Waals surface area contributed by atoms with Crippen molar-refractivity contribution < 1.29 is 24.2 Å². The Morgan fingerprint density at radius 2 is 1.77 bits per heavy atom. The number of aliphatic hydroxyl groups is 1. The summed E-state index contributed by atoms with van der Waals surface area (Å²) < 4.78 is 5.48. The number of Topliss-reactive ketones (excluding diaryl/α,β-unsaturated/α-hetero) is 1. The summed E-state index contributed by atoms with van der Waals surface area (Å²) in [5.74, 6) is 0.248. The van der Waals surface area contributed by atoms with E-state index in [9.17, 15) is 19.5 Å². The number of carbonyl (C=O) groups is 3. The van der Waals surface area contributed by atoms with Gasteiger partial charge in [0.15, 0.2) is 12.4 Å². The number of ketones is 1. The van der Waals surface area contributed by atoms with Crippen molar-refractivity contribution in [2.24, 2.45) is 17.3 Å². The highest BCUT2D eigenvalue weighted by molar-refractivity contribution is 5.98. The van der Waals surface area contributed by atoms with Crippen LogP contribution in [0.15, 0.2) is 24.3 Å². The first kappa shape index (κ1) is 21.0. The third kappa shape index (κ3) is 4.43. The highest BCUT2D eigenvalue weighted by Crippen LogP contribution is 2.61. The number of carbonyl (C=O) groups excluding carboxylic acids is 3. The number of ether oxygens (including phenoxy) is 1. The molecule has 4 aliphatic carbocycles. The van der Waals surface area contributed by atoms with Gasteiger partial charge in [0.05, 0.1) is 11.0 Å². The van der Waals surface area contributed by atoms with Crippen LogP contribution in [-0.2, 0) is 20.7 Å². The Morgan fingerprint density at radius 3 is 2.37 bits per heavy atom. The van der Waals surface area contributed by atoms with E-state index in [1.165, 1.54) is 6.92 Å². The van der Waals surface area contributed by atoms with Gasteiger partial charge in [0.25, 0.3) is 0 Å². The van der Waals surface area contributed by atoms with Gasteiger partial charge in [0, 0.05) is 19.0 Å². The summed E-state index contributed by atoms with van der Waals surface area (Å²) in [5.41, 5.74) is 0.299. The molecule has 0 heterocycles. The lowest BCUT2D eigenvalue weighted by molar-refractivity contribution is -0.195. The van der Waals surface area contributed by atoms with E-state index in [1.807, 2.05) is 12.1 Å². The van der Waals surface area contributed by atoms with Crippen molar-refractivity contribution in [2.45, 2.75) is 63.9 Å². The van der Waals surface area contributed by atoms with Crippen molar-refractivity contribution in [3.8, 4) is 0 Å². The van der Waals surface area contributed by atoms with Crippen LogP contribution in [0.1, 0.15) is 67.8 Å². The second-order valence-electron chi connectivity index (χ2n) is 9.75. The molecule has 6 heteroatoms. The van der Waals surface area contributed by atoms with E-state index < -0.39 is 11.0 Å². The van der Waals surface area contributed by atoms with E-state index in [4.69, 9.17) is 4.74 Å². The monoisotopic (exact) mass is 413 g/mol. The van der Waals surface area contributed by atoms with Gasteiger partial charge in [-0.05, 0) is 68.8 Å². The molecule has 30 heavy (non-hydrogen) atoms. The molecule has 4 aliphatic rings. The van der Waals surface area contributed by atoms with E-state index in [0.717, 1.165) is 50.5 Å². The summed E-state index contributed by atoms with van der Waals surface area (Å²) in [6.07, 6.45) is 6.40. The Hall–Kier alpha value is -2.21. The Labute approximate surface area is 177 Å². The van der Waals surface area contributed by atoms with Crippen LogP contribution in [0.25, 0.3) is 0 Å². The van der Waals surface area contributed by atoms with Crippen LogP contribution >= 0.6 is 0 Å². The Bertz CT molecular complexity index is 817. The zero-order valence-corrected chi connectivity index (χ0v) is 17.6. The molecular formula is C24H31NO5. The summed E-state index contributed by atoms with van der Waals surface area (Å²) in [6, 6.07) is 7.32. The minimum Gasteiger partial charge on any atom is -0.457 e. The first-order chi connectivity index (χ1) is 14.3. The molecule has 2 N–H and O–H groups in total. The highest BCUT2D eigenvalue weighted by atomic mass is 16.5. The molecular weight excluding hydrogens is 382 g/mol. The molecule has 162 valence electrons. The van der Waals surface area contributed by atoms with E-state index in [2.05, 4.69) is 5.32 Å². The van der Waals surface area contributed by atoms with Crippen LogP contribution in [0.2, 0.25) is 0 Å². The minimum absolute atomic E-state index is 0.0341. The third-order valence-corrected chi connectivity index (χ3v) is 7.09. The quantitative estimate of drug-likeness (QED) is 0.388. The number of hydrogen-bond donors (Lipinski definition) is 2. The summed E-state index contributed by atoms with van der Waals surface area (Å²) in [6.45, 7) is 1.87. The van der Waals surface area contributed by atoms with Crippen molar-refractivity contribution in [3.05, 3.63) is 35.4 Å². The van der Waals surface area contributed by atoms with E-state index in [1.54, 1.807) is 12.1 Å². The van der Waals surface area contributed by atoms with Crippen molar-refractivity contribution in [3.63, 3.8) is 0 Å². The average Bonchev–Trinajstić information content (AvgIpc) is 2.67. The van der Waals surface area contributed by atoms with Crippen LogP contribution in [0.4, 0.5) is 0 Å². The maximum atomic E-state index is 12.9. The molecule has 0 aliphatic heterocycles. The number of esters is 1. The zero-order chi connectivity index (χ0) is 21.4. The maximum Gasteiger partial charge on any atom is 0.312 e. The fourth-order valence-electron chi connectivity index (χ4n) is 6.23. The van der Waals surface area contributed by atoms with Crippen LogP contribution < -0.4 is 5.32 Å². The molecule has 4 bridgehead atoms. The van der Waals surface area contributed by atoms with Crippen LogP contribution in [0.3, 0.4) is 0 Å². The van der Waals surface area contributed by atoms with Crippen LogP contribution in [-0.4, -0.2) is 41.5 Å². The van der Waals surface area contributed by atoms with Crippen LogP contribution in [0, 0.1) is 17.3 Å².